The van der Waals surface area contributed by atoms with Crippen molar-refractivity contribution in [1.82, 2.24) is 0 Å². The fourth-order valence-electron chi connectivity index (χ4n) is 2.33. The molecule has 0 atom stereocenters. The van der Waals surface area contributed by atoms with Crippen LogP contribution in [0, 0.1) is 0 Å². The molecule has 0 spiro atoms. The molecule has 6 nitrogen and oxygen atoms in total. The summed E-state index contributed by atoms with van der Waals surface area (Å²) in [5.74, 6) is -0.220. The molecule has 0 fully saturated rings. The third-order valence-corrected chi connectivity index (χ3v) is 6.19. The fraction of sp³-hybridized carbons (Fsp3) is 0.176. The first kappa shape index (κ1) is 18.8. The molecule has 0 radical (unpaired) electrons. The summed E-state index contributed by atoms with van der Waals surface area (Å²) in [6, 6.07) is 12.1. The van der Waals surface area contributed by atoms with Crippen LogP contribution < -0.4 is 10.6 Å². The molecule has 0 unspecified atom stereocenters. The molecule has 26 heavy (non-hydrogen) atoms. The van der Waals surface area contributed by atoms with E-state index in [0.29, 0.717) is 16.4 Å². The number of thioether (sulfide) groups is 1. The molecule has 0 aromatic heterocycles. The van der Waals surface area contributed by atoms with Gasteiger partial charge in [-0.25, -0.2) is 0 Å². The van der Waals surface area contributed by atoms with Crippen LogP contribution in [0.2, 0.25) is 5.02 Å². The van der Waals surface area contributed by atoms with Crippen molar-refractivity contribution in [3.05, 3.63) is 53.1 Å². The van der Waals surface area contributed by atoms with Crippen molar-refractivity contribution in [2.45, 2.75) is 18.2 Å². The van der Waals surface area contributed by atoms with Crippen LogP contribution in [0.15, 0.2) is 51.8 Å². The first-order chi connectivity index (χ1) is 12.4. The molecule has 3 rings (SSSR count). The number of hydrogen-bond donors (Lipinski definition) is 2. The van der Waals surface area contributed by atoms with E-state index in [1.165, 1.54) is 11.6 Å². The van der Waals surface area contributed by atoms with E-state index in [0.717, 1.165) is 18.2 Å². The molecule has 2 aromatic carbocycles. The highest BCUT2D eigenvalue weighted by molar-refractivity contribution is 8.15. The predicted octanol–water partition coefficient (Wildman–Crippen LogP) is 3.74. The SMILES string of the molecule is CCc1ccc(NC(=O)CSC2=NS(=O)(=O)c3cc(Cl)ccc3N2)cc1. The quantitative estimate of drug-likeness (QED) is 0.803. The van der Waals surface area contributed by atoms with Gasteiger partial charge >= 0.3 is 0 Å². The number of rotatable bonds is 4. The van der Waals surface area contributed by atoms with E-state index in [9.17, 15) is 13.2 Å². The van der Waals surface area contributed by atoms with Crippen LogP contribution in [0.1, 0.15) is 12.5 Å². The maximum Gasteiger partial charge on any atom is 0.286 e. The molecular formula is C17H16ClN3O3S2. The Balaban J connectivity index is 1.63. The van der Waals surface area contributed by atoms with E-state index < -0.39 is 10.0 Å². The Labute approximate surface area is 161 Å². The highest BCUT2D eigenvalue weighted by Gasteiger charge is 2.25. The van der Waals surface area contributed by atoms with E-state index in [2.05, 4.69) is 22.0 Å². The molecule has 1 amide bonds. The maximum atomic E-state index is 12.2. The van der Waals surface area contributed by atoms with E-state index in [1.807, 2.05) is 24.3 Å². The number of sulfonamides is 1. The Kier molecular flexibility index (Phi) is 5.55. The van der Waals surface area contributed by atoms with Gasteiger partial charge in [-0.15, -0.1) is 4.40 Å². The van der Waals surface area contributed by atoms with Gasteiger partial charge in [0.05, 0.1) is 11.4 Å². The summed E-state index contributed by atoms with van der Waals surface area (Å²) in [6.07, 6.45) is 0.927. The summed E-state index contributed by atoms with van der Waals surface area (Å²) in [4.78, 5) is 12.1. The van der Waals surface area contributed by atoms with Gasteiger partial charge < -0.3 is 10.6 Å². The normalized spacial score (nSPS) is 14.8. The van der Waals surface area contributed by atoms with E-state index in [4.69, 9.17) is 11.6 Å². The minimum absolute atomic E-state index is 0.0230. The number of benzene rings is 2. The third-order valence-electron chi connectivity index (χ3n) is 3.65. The smallest absolute Gasteiger partial charge is 0.286 e. The number of carbonyl (C=O) groups excluding carboxylic acids is 1. The number of amides is 1. The average molecular weight is 410 g/mol. The van der Waals surface area contributed by atoms with E-state index >= 15 is 0 Å². The van der Waals surface area contributed by atoms with Crippen molar-refractivity contribution in [2.75, 3.05) is 16.4 Å². The summed E-state index contributed by atoms with van der Waals surface area (Å²) in [6.45, 7) is 2.06. The Hall–Kier alpha value is -2.03. The standard InChI is InChI=1S/C17H16ClN3O3S2/c1-2-11-3-6-13(7-4-11)19-16(22)10-25-17-20-14-8-5-12(18)9-15(14)26(23,24)21-17/h3-9H,2,10H2,1H3,(H,19,22)(H,20,21). The fourth-order valence-corrected chi connectivity index (χ4v) is 4.63. The molecule has 0 saturated heterocycles. The number of anilines is 2. The van der Waals surface area contributed by atoms with Crippen LogP contribution in [0.25, 0.3) is 0 Å². The summed E-state index contributed by atoms with van der Waals surface area (Å²) in [5, 5.41) is 6.14. The van der Waals surface area contributed by atoms with Crippen molar-refractivity contribution in [3.8, 4) is 0 Å². The van der Waals surface area contributed by atoms with Gasteiger partial charge in [0.2, 0.25) is 5.91 Å². The second kappa shape index (κ2) is 7.69. The van der Waals surface area contributed by atoms with Gasteiger partial charge in [-0.3, -0.25) is 4.79 Å². The number of halogens is 1. The number of nitrogens with zero attached hydrogens (tertiary/aromatic N) is 1. The highest BCUT2D eigenvalue weighted by atomic mass is 35.5. The summed E-state index contributed by atoms with van der Waals surface area (Å²) < 4.78 is 28.2. The van der Waals surface area contributed by atoms with Crippen LogP contribution >= 0.6 is 23.4 Å². The van der Waals surface area contributed by atoms with Gasteiger partial charge in [-0.05, 0) is 42.3 Å². The van der Waals surface area contributed by atoms with Crippen LogP contribution in [0.5, 0.6) is 0 Å². The lowest BCUT2D eigenvalue weighted by molar-refractivity contribution is -0.113. The molecule has 1 aliphatic heterocycles. The van der Waals surface area contributed by atoms with Crippen molar-refractivity contribution in [2.24, 2.45) is 4.40 Å². The number of hydrogen-bond acceptors (Lipinski definition) is 5. The van der Waals surface area contributed by atoms with Gasteiger partial charge in [0.15, 0.2) is 5.17 Å². The third kappa shape index (κ3) is 4.38. The molecule has 0 saturated carbocycles. The zero-order valence-electron chi connectivity index (χ0n) is 13.8. The summed E-state index contributed by atoms with van der Waals surface area (Å²) >= 11 is 6.86. The zero-order valence-corrected chi connectivity index (χ0v) is 16.2. The lowest BCUT2D eigenvalue weighted by Gasteiger charge is -2.17. The van der Waals surface area contributed by atoms with Crippen molar-refractivity contribution >= 4 is 55.8 Å². The van der Waals surface area contributed by atoms with Crippen molar-refractivity contribution < 1.29 is 13.2 Å². The number of aryl methyl sites for hydroxylation is 1. The predicted molar refractivity (Wildman–Crippen MR) is 107 cm³/mol. The molecule has 0 aliphatic carbocycles. The Morgan fingerprint density at radius 3 is 2.65 bits per heavy atom. The molecule has 0 bridgehead atoms. The minimum Gasteiger partial charge on any atom is -0.333 e. The lowest BCUT2D eigenvalue weighted by atomic mass is 10.1. The monoisotopic (exact) mass is 409 g/mol. The van der Waals surface area contributed by atoms with E-state index in [-0.39, 0.29) is 21.7 Å². The highest BCUT2D eigenvalue weighted by Crippen LogP contribution is 2.31. The molecule has 136 valence electrons. The molecule has 2 aromatic rings. The first-order valence-electron chi connectivity index (χ1n) is 7.80. The topological polar surface area (TPSA) is 87.6 Å². The van der Waals surface area contributed by atoms with Gasteiger partial charge in [-0.1, -0.05) is 42.4 Å². The number of carbonyl (C=O) groups is 1. The maximum absolute atomic E-state index is 12.2. The van der Waals surface area contributed by atoms with Gasteiger partial charge in [-0.2, -0.15) is 8.42 Å². The van der Waals surface area contributed by atoms with E-state index in [1.54, 1.807) is 12.1 Å². The largest absolute Gasteiger partial charge is 0.333 e. The lowest BCUT2D eigenvalue weighted by Crippen LogP contribution is -2.22. The van der Waals surface area contributed by atoms with Crippen molar-refractivity contribution in [1.29, 1.82) is 0 Å². The molecular weight excluding hydrogens is 394 g/mol. The van der Waals surface area contributed by atoms with Crippen molar-refractivity contribution in [3.63, 3.8) is 0 Å². The van der Waals surface area contributed by atoms with Crippen LogP contribution in [-0.2, 0) is 21.2 Å². The molecule has 1 heterocycles. The summed E-state index contributed by atoms with van der Waals surface area (Å²) in [7, 11) is -3.84. The average Bonchev–Trinajstić information content (AvgIpc) is 2.61. The number of amidine groups is 1. The number of fused-ring (bicyclic) bond motifs is 1. The number of nitrogens with one attached hydrogen (secondary N) is 2. The minimum atomic E-state index is -3.84. The Morgan fingerprint density at radius 2 is 1.96 bits per heavy atom. The summed E-state index contributed by atoms with van der Waals surface area (Å²) in [5.41, 5.74) is 2.27. The van der Waals surface area contributed by atoms with Gasteiger partial charge in [0, 0.05) is 10.7 Å². The van der Waals surface area contributed by atoms with Gasteiger partial charge in [0.1, 0.15) is 4.90 Å². The van der Waals surface area contributed by atoms with Gasteiger partial charge in [0.25, 0.3) is 10.0 Å². The Bertz CT molecular complexity index is 973. The second-order valence-corrected chi connectivity index (χ2v) is 8.50. The second-order valence-electron chi connectivity index (χ2n) is 5.52. The first-order valence-corrected chi connectivity index (χ1v) is 10.6. The van der Waals surface area contributed by atoms with Crippen LogP contribution in [0.3, 0.4) is 0 Å². The Morgan fingerprint density at radius 1 is 1.23 bits per heavy atom. The van der Waals surface area contributed by atoms with Crippen LogP contribution in [-0.4, -0.2) is 25.2 Å². The molecule has 1 aliphatic rings. The zero-order chi connectivity index (χ0) is 18.7. The van der Waals surface area contributed by atoms with Crippen LogP contribution in [0.4, 0.5) is 11.4 Å². The molecule has 9 heteroatoms. The molecule has 2 N–H and O–H groups in total.